The van der Waals surface area contributed by atoms with E-state index in [1.54, 1.807) is 5.51 Å². The van der Waals surface area contributed by atoms with Gasteiger partial charge in [-0.25, -0.2) is 0 Å². The molecule has 0 aliphatic rings. The topological polar surface area (TPSA) is 47.8 Å². The van der Waals surface area contributed by atoms with Gasteiger partial charge < -0.3 is 4.57 Å². The van der Waals surface area contributed by atoms with Crippen LogP contribution in [-0.2, 0) is 7.05 Å². The zero-order valence-corrected chi connectivity index (χ0v) is 11.6. The average molecular weight is 267 g/mol. The summed E-state index contributed by atoms with van der Waals surface area (Å²) in [7, 11) is 1.97. The van der Waals surface area contributed by atoms with Gasteiger partial charge in [-0.1, -0.05) is 23.1 Å². The Labute approximate surface area is 108 Å². The Kier molecular flexibility index (Phi) is 3.63. The summed E-state index contributed by atoms with van der Waals surface area (Å²) in [6, 6.07) is 1.94. The number of rotatable bonds is 4. The first-order chi connectivity index (χ1) is 8.09. The van der Waals surface area contributed by atoms with E-state index in [2.05, 4.69) is 10.2 Å². The molecule has 0 unspecified atom stereocenters. The number of carbonyl (C=O) groups is 1. The molecule has 2 aromatic rings. The number of aryl methyl sites for hydroxylation is 1. The van der Waals surface area contributed by atoms with E-state index < -0.39 is 0 Å². The predicted molar refractivity (Wildman–Crippen MR) is 69.9 cm³/mol. The van der Waals surface area contributed by atoms with Gasteiger partial charge in [-0.3, -0.25) is 4.79 Å². The Balaban J connectivity index is 2.07. The van der Waals surface area contributed by atoms with Crippen LogP contribution in [0.3, 0.4) is 0 Å². The molecule has 0 amide bonds. The standard InChI is InChI=1S/C11H13N3OS2/c1-7-4-9(8(2)14(7)3)10(15)5-16-11-13-12-6-17-11/h4,6H,5H2,1-3H3. The van der Waals surface area contributed by atoms with Gasteiger partial charge in [0, 0.05) is 24.0 Å². The van der Waals surface area contributed by atoms with Gasteiger partial charge in [0.1, 0.15) is 5.51 Å². The Bertz CT molecular complexity index is 531. The fourth-order valence-corrected chi connectivity index (χ4v) is 2.94. The Hall–Kier alpha value is -1.14. The van der Waals surface area contributed by atoms with E-state index in [9.17, 15) is 4.79 Å². The highest BCUT2D eigenvalue weighted by Crippen LogP contribution is 2.22. The molecule has 2 aromatic heterocycles. The van der Waals surface area contributed by atoms with Crippen molar-refractivity contribution >= 4 is 28.9 Å². The smallest absolute Gasteiger partial charge is 0.174 e. The lowest BCUT2D eigenvalue weighted by Gasteiger charge is -2.01. The quantitative estimate of drug-likeness (QED) is 0.630. The van der Waals surface area contributed by atoms with Gasteiger partial charge in [-0.05, 0) is 19.9 Å². The molecule has 0 bridgehead atoms. The Morgan fingerprint density at radius 3 is 2.82 bits per heavy atom. The molecule has 0 fully saturated rings. The fourth-order valence-electron chi connectivity index (χ4n) is 1.57. The van der Waals surface area contributed by atoms with E-state index >= 15 is 0 Å². The lowest BCUT2D eigenvalue weighted by molar-refractivity contribution is 0.102. The van der Waals surface area contributed by atoms with Crippen molar-refractivity contribution in [3.63, 3.8) is 0 Å². The summed E-state index contributed by atoms with van der Waals surface area (Å²) in [5.74, 6) is 0.561. The number of hydrogen-bond acceptors (Lipinski definition) is 5. The number of carbonyl (C=O) groups excluding carboxylic acids is 1. The lowest BCUT2D eigenvalue weighted by Crippen LogP contribution is -2.04. The summed E-state index contributed by atoms with van der Waals surface area (Å²) in [4.78, 5) is 12.0. The van der Waals surface area contributed by atoms with E-state index in [0.717, 1.165) is 21.3 Å². The number of aromatic nitrogens is 3. The average Bonchev–Trinajstić information content (AvgIpc) is 2.91. The molecule has 17 heavy (non-hydrogen) atoms. The molecule has 0 saturated heterocycles. The van der Waals surface area contributed by atoms with E-state index in [-0.39, 0.29) is 5.78 Å². The Morgan fingerprint density at radius 2 is 2.29 bits per heavy atom. The maximum absolute atomic E-state index is 12.0. The summed E-state index contributed by atoms with van der Waals surface area (Å²) in [5, 5.41) is 7.64. The van der Waals surface area contributed by atoms with Crippen molar-refractivity contribution < 1.29 is 4.79 Å². The van der Waals surface area contributed by atoms with Gasteiger partial charge in [0.05, 0.1) is 5.75 Å². The summed E-state index contributed by atoms with van der Waals surface area (Å²) < 4.78 is 2.87. The van der Waals surface area contributed by atoms with Crippen LogP contribution in [0.4, 0.5) is 0 Å². The van der Waals surface area contributed by atoms with E-state index in [1.807, 2.05) is 31.5 Å². The third kappa shape index (κ3) is 2.58. The van der Waals surface area contributed by atoms with Crippen molar-refractivity contribution in [3.8, 4) is 0 Å². The first kappa shape index (κ1) is 12.3. The highest BCUT2D eigenvalue weighted by atomic mass is 32.2. The maximum atomic E-state index is 12.0. The number of nitrogens with zero attached hydrogens (tertiary/aromatic N) is 3. The minimum absolute atomic E-state index is 0.145. The van der Waals surface area contributed by atoms with Crippen LogP contribution < -0.4 is 0 Å². The molecule has 0 spiro atoms. The minimum atomic E-state index is 0.145. The monoisotopic (exact) mass is 267 g/mol. The van der Waals surface area contributed by atoms with Gasteiger partial charge in [0.25, 0.3) is 0 Å². The summed E-state index contributed by atoms with van der Waals surface area (Å²) in [6.07, 6.45) is 0. The molecular weight excluding hydrogens is 254 g/mol. The second-order valence-electron chi connectivity index (χ2n) is 3.76. The summed E-state index contributed by atoms with van der Waals surface area (Å²) >= 11 is 2.90. The first-order valence-corrected chi connectivity index (χ1v) is 7.01. The molecule has 4 nitrogen and oxygen atoms in total. The third-order valence-electron chi connectivity index (χ3n) is 2.74. The number of hydrogen-bond donors (Lipinski definition) is 0. The number of thioether (sulfide) groups is 1. The number of Topliss-reactive ketones (excluding diaryl/α,β-unsaturated/α-hetero) is 1. The normalized spacial score (nSPS) is 10.8. The highest BCUT2D eigenvalue weighted by Gasteiger charge is 2.14. The summed E-state index contributed by atoms with van der Waals surface area (Å²) in [5.41, 5.74) is 4.60. The maximum Gasteiger partial charge on any atom is 0.174 e. The van der Waals surface area contributed by atoms with Crippen LogP contribution in [0.1, 0.15) is 21.7 Å². The zero-order valence-electron chi connectivity index (χ0n) is 9.93. The van der Waals surface area contributed by atoms with E-state index in [0.29, 0.717) is 5.75 Å². The third-order valence-corrected chi connectivity index (χ3v) is 4.60. The van der Waals surface area contributed by atoms with Crippen molar-refractivity contribution in [1.82, 2.24) is 14.8 Å². The summed E-state index contributed by atoms with van der Waals surface area (Å²) in [6.45, 7) is 3.97. The van der Waals surface area contributed by atoms with Crippen molar-refractivity contribution in [1.29, 1.82) is 0 Å². The van der Waals surface area contributed by atoms with Crippen LogP contribution in [0.2, 0.25) is 0 Å². The SMILES string of the molecule is Cc1cc(C(=O)CSc2nncs2)c(C)n1C. The molecule has 2 rings (SSSR count). The molecule has 0 atom stereocenters. The van der Waals surface area contributed by atoms with Crippen LogP contribution in [0.25, 0.3) is 0 Å². The van der Waals surface area contributed by atoms with Crippen LogP contribution >= 0.6 is 23.1 Å². The van der Waals surface area contributed by atoms with Crippen molar-refractivity contribution in [2.45, 2.75) is 18.2 Å². The van der Waals surface area contributed by atoms with Crippen LogP contribution in [0.5, 0.6) is 0 Å². The van der Waals surface area contributed by atoms with Gasteiger partial charge in [-0.15, -0.1) is 10.2 Å². The minimum Gasteiger partial charge on any atom is -0.351 e. The van der Waals surface area contributed by atoms with E-state index in [4.69, 9.17) is 0 Å². The van der Waals surface area contributed by atoms with Crippen molar-refractivity contribution in [2.75, 3.05) is 5.75 Å². The van der Waals surface area contributed by atoms with E-state index in [1.165, 1.54) is 23.1 Å². The number of ketones is 1. The fraction of sp³-hybridized carbons (Fsp3) is 0.364. The molecule has 0 aliphatic carbocycles. The Morgan fingerprint density at radius 1 is 1.53 bits per heavy atom. The van der Waals surface area contributed by atoms with Gasteiger partial charge in [0.2, 0.25) is 0 Å². The zero-order chi connectivity index (χ0) is 12.4. The molecule has 90 valence electrons. The second kappa shape index (κ2) is 5.01. The molecule has 0 radical (unpaired) electrons. The molecule has 0 aromatic carbocycles. The first-order valence-electron chi connectivity index (χ1n) is 5.14. The van der Waals surface area contributed by atoms with Crippen molar-refractivity contribution in [3.05, 3.63) is 28.5 Å². The largest absolute Gasteiger partial charge is 0.351 e. The molecule has 0 saturated carbocycles. The second-order valence-corrected chi connectivity index (χ2v) is 5.82. The van der Waals surface area contributed by atoms with Gasteiger partial charge in [-0.2, -0.15) is 0 Å². The lowest BCUT2D eigenvalue weighted by atomic mass is 10.2. The predicted octanol–water partition coefficient (Wildman–Crippen LogP) is 2.47. The molecule has 2 heterocycles. The van der Waals surface area contributed by atoms with Gasteiger partial charge >= 0.3 is 0 Å². The highest BCUT2D eigenvalue weighted by molar-refractivity contribution is 8.01. The molecule has 6 heteroatoms. The van der Waals surface area contributed by atoms with Crippen molar-refractivity contribution in [2.24, 2.45) is 7.05 Å². The molecule has 0 N–H and O–H groups in total. The molecule has 0 aliphatic heterocycles. The van der Waals surface area contributed by atoms with Gasteiger partial charge in [0.15, 0.2) is 10.1 Å². The van der Waals surface area contributed by atoms with Crippen LogP contribution in [0.15, 0.2) is 15.9 Å². The van der Waals surface area contributed by atoms with Crippen LogP contribution in [-0.4, -0.2) is 26.3 Å². The molecular formula is C11H13N3OS2. The van der Waals surface area contributed by atoms with Crippen LogP contribution in [0, 0.1) is 13.8 Å².